The number of hydrogen-bond donors (Lipinski definition) is 1. The number of morpholine rings is 1. The summed E-state index contributed by atoms with van der Waals surface area (Å²) in [7, 11) is 1.72. The minimum absolute atomic E-state index is 0.0253. The van der Waals surface area contributed by atoms with E-state index in [2.05, 4.69) is 4.90 Å². The number of methoxy groups -OCH3 is 1. The van der Waals surface area contributed by atoms with Crippen LogP contribution in [-0.4, -0.2) is 61.7 Å². The Morgan fingerprint density at radius 1 is 1.28 bits per heavy atom. The van der Waals surface area contributed by atoms with E-state index >= 15 is 0 Å². The van der Waals surface area contributed by atoms with Crippen LogP contribution in [0.4, 0.5) is 0 Å². The number of aliphatic hydroxyl groups is 1. The van der Waals surface area contributed by atoms with Crippen LogP contribution in [0.5, 0.6) is 0 Å². The van der Waals surface area contributed by atoms with Gasteiger partial charge in [0, 0.05) is 32.3 Å². The normalized spacial score (nSPS) is 26.3. The van der Waals surface area contributed by atoms with Gasteiger partial charge in [-0.2, -0.15) is 0 Å². The topological polar surface area (TPSA) is 41.9 Å². The quantitative estimate of drug-likeness (QED) is 0.731. The molecule has 1 saturated carbocycles. The van der Waals surface area contributed by atoms with Crippen molar-refractivity contribution in [3.05, 3.63) is 0 Å². The van der Waals surface area contributed by atoms with Crippen molar-refractivity contribution in [2.45, 2.75) is 50.2 Å². The molecular weight excluding hydrogens is 230 g/mol. The second-order valence-corrected chi connectivity index (χ2v) is 5.56. The molecule has 1 atom stereocenters. The molecule has 0 aromatic rings. The molecule has 2 rings (SSSR count). The Morgan fingerprint density at radius 3 is 2.56 bits per heavy atom. The van der Waals surface area contributed by atoms with Gasteiger partial charge in [0.05, 0.1) is 19.3 Å². The van der Waals surface area contributed by atoms with Gasteiger partial charge in [-0.25, -0.2) is 0 Å². The van der Waals surface area contributed by atoms with E-state index in [4.69, 9.17) is 9.47 Å². The summed E-state index contributed by atoms with van der Waals surface area (Å²) in [4.78, 5) is 2.49. The minimum atomic E-state index is -0.215. The average molecular weight is 257 g/mol. The molecule has 1 heterocycles. The zero-order valence-corrected chi connectivity index (χ0v) is 11.6. The van der Waals surface area contributed by atoms with Crippen molar-refractivity contribution in [2.24, 2.45) is 0 Å². The third kappa shape index (κ3) is 3.05. The van der Waals surface area contributed by atoms with Crippen molar-refractivity contribution in [3.63, 3.8) is 0 Å². The highest BCUT2D eigenvalue weighted by molar-refractivity contribution is 5.00. The monoisotopic (exact) mass is 257 g/mol. The van der Waals surface area contributed by atoms with E-state index < -0.39 is 0 Å². The average Bonchev–Trinajstić information content (AvgIpc) is 2.90. The Balaban J connectivity index is 1.96. The Kier molecular flexibility index (Phi) is 5.42. The lowest BCUT2D eigenvalue weighted by molar-refractivity contribution is -0.0793. The summed E-state index contributed by atoms with van der Waals surface area (Å²) in [5, 5.41) is 10.6. The van der Waals surface area contributed by atoms with E-state index in [1.807, 2.05) is 0 Å². The predicted molar refractivity (Wildman–Crippen MR) is 70.7 cm³/mol. The molecule has 0 radical (unpaired) electrons. The first-order valence-electron chi connectivity index (χ1n) is 7.29. The van der Waals surface area contributed by atoms with E-state index in [1.165, 1.54) is 12.8 Å². The molecule has 4 heteroatoms. The highest BCUT2D eigenvalue weighted by Gasteiger charge is 2.45. The highest BCUT2D eigenvalue weighted by atomic mass is 16.5. The molecule has 1 N–H and O–H groups in total. The van der Waals surface area contributed by atoms with E-state index in [-0.39, 0.29) is 11.6 Å². The molecule has 4 nitrogen and oxygen atoms in total. The van der Waals surface area contributed by atoms with E-state index in [0.717, 1.165) is 58.6 Å². The SMILES string of the molecule is COCCCC(O)C1(N2CCOCC2)CCCC1. The van der Waals surface area contributed by atoms with Crippen molar-refractivity contribution >= 4 is 0 Å². The first-order chi connectivity index (χ1) is 8.79. The summed E-state index contributed by atoms with van der Waals surface area (Å²) in [6.07, 6.45) is 6.36. The zero-order valence-electron chi connectivity index (χ0n) is 11.6. The lowest BCUT2D eigenvalue weighted by Crippen LogP contribution is -2.58. The van der Waals surface area contributed by atoms with Gasteiger partial charge >= 0.3 is 0 Å². The van der Waals surface area contributed by atoms with Crippen LogP contribution in [0, 0.1) is 0 Å². The summed E-state index contributed by atoms with van der Waals surface area (Å²) >= 11 is 0. The van der Waals surface area contributed by atoms with Crippen molar-refractivity contribution in [3.8, 4) is 0 Å². The van der Waals surface area contributed by atoms with Gasteiger partial charge in [0.1, 0.15) is 0 Å². The van der Waals surface area contributed by atoms with Crippen LogP contribution >= 0.6 is 0 Å². The molecule has 1 aliphatic carbocycles. The van der Waals surface area contributed by atoms with Gasteiger partial charge in [-0.3, -0.25) is 4.90 Å². The summed E-state index contributed by atoms with van der Waals surface area (Å²) in [5.41, 5.74) is 0.0253. The minimum Gasteiger partial charge on any atom is -0.391 e. The number of hydrogen-bond acceptors (Lipinski definition) is 4. The van der Waals surface area contributed by atoms with Crippen LogP contribution in [0.2, 0.25) is 0 Å². The maximum atomic E-state index is 10.6. The van der Waals surface area contributed by atoms with Crippen molar-refractivity contribution in [2.75, 3.05) is 40.0 Å². The lowest BCUT2D eigenvalue weighted by atomic mass is 9.85. The number of rotatable bonds is 6. The molecular formula is C14H27NO3. The maximum Gasteiger partial charge on any atom is 0.0724 e. The molecule has 0 bridgehead atoms. The molecule has 0 amide bonds. The van der Waals surface area contributed by atoms with Crippen LogP contribution in [0.1, 0.15) is 38.5 Å². The summed E-state index contributed by atoms with van der Waals surface area (Å²) in [5.74, 6) is 0. The van der Waals surface area contributed by atoms with Gasteiger partial charge in [0.2, 0.25) is 0 Å². The Labute approximate surface area is 110 Å². The molecule has 2 aliphatic rings. The predicted octanol–water partition coefficient (Wildman–Crippen LogP) is 1.42. The van der Waals surface area contributed by atoms with Gasteiger partial charge < -0.3 is 14.6 Å². The summed E-state index contributed by atoms with van der Waals surface area (Å²) in [6.45, 7) is 4.32. The fourth-order valence-electron chi connectivity index (χ4n) is 3.55. The van der Waals surface area contributed by atoms with Gasteiger partial charge in [-0.05, 0) is 25.7 Å². The van der Waals surface area contributed by atoms with Crippen LogP contribution in [-0.2, 0) is 9.47 Å². The van der Waals surface area contributed by atoms with Crippen LogP contribution in [0.25, 0.3) is 0 Å². The van der Waals surface area contributed by atoms with E-state index in [9.17, 15) is 5.11 Å². The number of aliphatic hydroxyl groups excluding tert-OH is 1. The van der Waals surface area contributed by atoms with Crippen molar-refractivity contribution < 1.29 is 14.6 Å². The Bertz CT molecular complexity index is 235. The Morgan fingerprint density at radius 2 is 1.94 bits per heavy atom. The van der Waals surface area contributed by atoms with E-state index in [1.54, 1.807) is 7.11 Å². The van der Waals surface area contributed by atoms with Crippen LogP contribution in [0.3, 0.4) is 0 Å². The number of ether oxygens (including phenoxy) is 2. The maximum absolute atomic E-state index is 10.6. The third-order valence-corrected chi connectivity index (χ3v) is 4.56. The van der Waals surface area contributed by atoms with Crippen molar-refractivity contribution in [1.29, 1.82) is 0 Å². The second-order valence-electron chi connectivity index (χ2n) is 5.56. The molecule has 0 spiro atoms. The molecule has 2 fully saturated rings. The third-order valence-electron chi connectivity index (χ3n) is 4.56. The van der Waals surface area contributed by atoms with Crippen molar-refractivity contribution in [1.82, 2.24) is 4.90 Å². The molecule has 0 aromatic heterocycles. The van der Waals surface area contributed by atoms with Gasteiger partial charge in [-0.1, -0.05) is 12.8 Å². The largest absolute Gasteiger partial charge is 0.391 e. The first-order valence-corrected chi connectivity index (χ1v) is 7.29. The van der Waals surface area contributed by atoms with Gasteiger partial charge in [0.25, 0.3) is 0 Å². The number of nitrogens with zero attached hydrogens (tertiary/aromatic N) is 1. The smallest absolute Gasteiger partial charge is 0.0724 e. The second kappa shape index (κ2) is 6.85. The fourth-order valence-corrected chi connectivity index (χ4v) is 3.55. The zero-order chi connectivity index (χ0) is 12.8. The van der Waals surface area contributed by atoms with Gasteiger partial charge in [0.15, 0.2) is 0 Å². The molecule has 106 valence electrons. The standard InChI is InChI=1S/C14H27NO3/c1-17-10-4-5-13(16)14(6-2-3-7-14)15-8-11-18-12-9-15/h13,16H,2-12H2,1H3. The molecule has 0 aromatic carbocycles. The fraction of sp³-hybridized carbons (Fsp3) is 1.00. The van der Waals surface area contributed by atoms with Crippen LogP contribution < -0.4 is 0 Å². The summed E-state index contributed by atoms with van der Waals surface area (Å²) in [6, 6.07) is 0. The van der Waals surface area contributed by atoms with E-state index in [0.29, 0.717) is 0 Å². The lowest BCUT2D eigenvalue weighted by Gasteiger charge is -2.46. The van der Waals surface area contributed by atoms with Crippen LogP contribution in [0.15, 0.2) is 0 Å². The summed E-state index contributed by atoms with van der Waals surface area (Å²) < 4.78 is 10.5. The molecule has 1 unspecified atom stereocenters. The molecule has 1 aliphatic heterocycles. The Hall–Kier alpha value is -0.160. The van der Waals surface area contributed by atoms with Gasteiger partial charge in [-0.15, -0.1) is 0 Å². The molecule has 18 heavy (non-hydrogen) atoms. The molecule has 1 saturated heterocycles. The first kappa shape index (κ1) is 14.3. The highest BCUT2D eigenvalue weighted by Crippen LogP contribution is 2.39.